The molecule has 1 aromatic heterocycles. The minimum atomic E-state index is -4.81. The number of benzene rings is 3. The number of fused-ring (bicyclic) bond motifs is 1. The van der Waals surface area contributed by atoms with Gasteiger partial charge in [-0.1, -0.05) is 0 Å². The number of nitrogens with one attached hydrogen (secondary N) is 1. The molecule has 3 aromatic carbocycles. The number of ether oxygens (including phenoxy) is 2. The van der Waals surface area contributed by atoms with Crippen molar-refractivity contribution in [3.05, 3.63) is 113 Å². The number of primary amides is 1. The summed E-state index contributed by atoms with van der Waals surface area (Å²) in [6, 6.07) is 17.8. The van der Waals surface area contributed by atoms with E-state index in [9.17, 15) is 22.8 Å². The third-order valence-electron chi connectivity index (χ3n) is 7.28. The number of nitrogens with two attached hydrogens (primary N) is 1. The van der Waals surface area contributed by atoms with Crippen molar-refractivity contribution in [1.82, 2.24) is 14.9 Å². The Hall–Kier alpha value is -4.24. The van der Waals surface area contributed by atoms with E-state index < -0.39 is 24.2 Å². The van der Waals surface area contributed by atoms with Gasteiger partial charge >= 0.3 is 242 Å². The zero-order valence-corrected chi connectivity index (χ0v) is 25.8. The van der Waals surface area contributed by atoms with Crippen molar-refractivity contribution in [2.24, 2.45) is 5.73 Å². The first-order valence-corrected chi connectivity index (χ1v) is 16.4. The molecular weight excluding hydrogens is 636 g/mol. The van der Waals surface area contributed by atoms with Crippen molar-refractivity contribution in [1.29, 1.82) is 0 Å². The molecular formula is C32H31AsF3N4O4. The number of nitrogens with zero attached hydrogens (tertiary/aromatic N) is 2. The van der Waals surface area contributed by atoms with E-state index in [2.05, 4.69) is 50.8 Å². The van der Waals surface area contributed by atoms with Crippen LogP contribution >= 0.6 is 0 Å². The summed E-state index contributed by atoms with van der Waals surface area (Å²) >= 11 is -0.192. The molecule has 0 aliphatic carbocycles. The standard InChI is InChI=1S/C32H31AsF3N4O4/c1-20-5-7-22(8-6-20)18-40-19-38-17-23(40)16-33-27-13-14-43-29-25(27)3-2-4-26(29)31(42)39-28(30(37)41)15-21-9-11-24(12-10-21)44-32(34,35)36/h2-12,17,19,27-28H,13-16,18H2,1H3,(H2,37,41)(H,39,42)/t27?,28-/m0/s1. The Bertz CT molecular complexity index is 1610. The Labute approximate surface area is 259 Å². The second-order valence-corrected chi connectivity index (χ2v) is 13.3. The molecule has 0 bridgehead atoms. The number of hydrogen-bond donors (Lipinski definition) is 2. The summed E-state index contributed by atoms with van der Waals surface area (Å²) in [7, 11) is 0. The summed E-state index contributed by atoms with van der Waals surface area (Å²) in [5.41, 5.74) is 10.9. The fourth-order valence-corrected chi connectivity index (χ4v) is 7.86. The van der Waals surface area contributed by atoms with Crippen LogP contribution in [0.1, 0.15) is 49.4 Å². The third-order valence-corrected chi connectivity index (χ3v) is 10.4. The predicted octanol–water partition coefficient (Wildman–Crippen LogP) is 4.69. The van der Waals surface area contributed by atoms with Crippen molar-refractivity contribution in [3.63, 3.8) is 0 Å². The second kappa shape index (κ2) is 13.6. The molecule has 0 fully saturated rings. The zero-order chi connectivity index (χ0) is 31.3. The molecule has 229 valence electrons. The van der Waals surface area contributed by atoms with E-state index in [1.54, 1.807) is 12.1 Å². The normalized spacial score (nSPS) is 15.4. The van der Waals surface area contributed by atoms with E-state index in [1.807, 2.05) is 18.6 Å². The molecule has 1 unspecified atom stereocenters. The Kier molecular flexibility index (Phi) is 9.64. The minimum absolute atomic E-state index is 0.00713. The summed E-state index contributed by atoms with van der Waals surface area (Å²) < 4.78 is 49.7. The summed E-state index contributed by atoms with van der Waals surface area (Å²) in [6.45, 7) is 3.28. The summed E-state index contributed by atoms with van der Waals surface area (Å²) in [5, 5.41) is 3.57. The van der Waals surface area contributed by atoms with Gasteiger partial charge in [0.05, 0.1) is 0 Å². The van der Waals surface area contributed by atoms with E-state index in [0.29, 0.717) is 23.5 Å². The average Bonchev–Trinajstić information content (AvgIpc) is 3.43. The topological polar surface area (TPSA) is 108 Å². The van der Waals surface area contributed by atoms with Gasteiger partial charge in [-0.2, -0.15) is 0 Å². The van der Waals surface area contributed by atoms with Gasteiger partial charge in [-0.05, 0) is 0 Å². The van der Waals surface area contributed by atoms with Crippen LogP contribution < -0.4 is 20.5 Å². The van der Waals surface area contributed by atoms with E-state index in [-0.39, 0.29) is 32.6 Å². The van der Waals surface area contributed by atoms with E-state index in [0.717, 1.165) is 41.6 Å². The Morgan fingerprint density at radius 3 is 2.55 bits per heavy atom. The monoisotopic (exact) mass is 667 g/mol. The van der Waals surface area contributed by atoms with Crippen molar-refractivity contribution < 1.29 is 32.2 Å². The fraction of sp³-hybridized carbons (Fsp3) is 0.281. The molecule has 44 heavy (non-hydrogen) atoms. The third kappa shape index (κ3) is 8.02. The number of alkyl halides is 3. The second-order valence-electron chi connectivity index (χ2n) is 10.5. The summed E-state index contributed by atoms with van der Waals surface area (Å²) in [4.78, 5) is 30.0. The van der Waals surface area contributed by atoms with Gasteiger partial charge in [0.15, 0.2) is 0 Å². The van der Waals surface area contributed by atoms with E-state index in [4.69, 9.17) is 10.5 Å². The zero-order valence-electron chi connectivity index (χ0n) is 23.9. The summed E-state index contributed by atoms with van der Waals surface area (Å²) in [5.74, 6) is -1.18. The first-order valence-electron chi connectivity index (χ1n) is 14.0. The number of aryl methyl sites for hydroxylation is 1. The predicted molar refractivity (Wildman–Crippen MR) is 159 cm³/mol. The van der Waals surface area contributed by atoms with Crippen LogP contribution in [0.4, 0.5) is 13.2 Å². The van der Waals surface area contributed by atoms with Gasteiger partial charge in [0, 0.05) is 0 Å². The van der Waals surface area contributed by atoms with Gasteiger partial charge in [-0.3, -0.25) is 0 Å². The summed E-state index contributed by atoms with van der Waals surface area (Å²) in [6.07, 6.45) is -0.215. The average molecular weight is 668 g/mol. The van der Waals surface area contributed by atoms with Crippen LogP contribution in [0.3, 0.4) is 0 Å². The van der Waals surface area contributed by atoms with Crippen molar-refractivity contribution in [2.75, 3.05) is 6.61 Å². The number of amides is 2. The molecule has 1 aliphatic rings. The van der Waals surface area contributed by atoms with E-state index in [1.165, 1.54) is 23.3 Å². The Morgan fingerprint density at radius 2 is 1.84 bits per heavy atom. The van der Waals surface area contributed by atoms with Crippen LogP contribution in [0.5, 0.6) is 11.5 Å². The molecule has 0 saturated carbocycles. The maximum absolute atomic E-state index is 13.4. The van der Waals surface area contributed by atoms with Crippen molar-refractivity contribution in [3.8, 4) is 11.5 Å². The van der Waals surface area contributed by atoms with Gasteiger partial charge in [0.1, 0.15) is 0 Å². The number of hydrogen-bond acceptors (Lipinski definition) is 5. The molecule has 2 amide bonds. The molecule has 3 N–H and O–H groups in total. The molecule has 8 nitrogen and oxygen atoms in total. The van der Waals surface area contributed by atoms with Crippen LogP contribution in [0.25, 0.3) is 0 Å². The number of rotatable bonds is 11. The van der Waals surface area contributed by atoms with Crippen molar-refractivity contribution >= 4 is 27.6 Å². The molecule has 12 heteroatoms. The number of aromatic nitrogens is 2. The Balaban J connectivity index is 1.25. The molecule has 1 radical (unpaired) electrons. The molecule has 2 heterocycles. The molecule has 1 aliphatic heterocycles. The number of imidazole rings is 1. The van der Waals surface area contributed by atoms with Crippen LogP contribution in [0.15, 0.2) is 79.3 Å². The molecule has 0 saturated heterocycles. The fourth-order valence-electron chi connectivity index (χ4n) is 5.01. The maximum atomic E-state index is 13.4. The van der Waals surface area contributed by atoms with Gasteiger partial charge in [-0.15, -0.1) is 13.2 Å². The van der Waals surface area contributed by atoms with Gasteiger partial charge in [0.2, 0.25) is 0 Å². The van der Waals surface area contributed by atoms with Gasteiger partial charge in [0.25, 0.3) is 0 Å². The van der Waals surface area contributed by atoms with E-state index >= 15 is 0 Å². The van der Waals surface area contributed by atoms with Gasteiger partial charge in [-0.25, -0.2) is 0 Å². The molecule has 5 rings (SSSR count). The SMILES string of the molecule is Cc1ccc(Cn2cncc2C[As]C2CCOc3c(C(=O)N[C@@H](Cc4ccc(OC(F)(F)F)cc4)C(N)=O)cccc32)cc1. The van der Waals surface area contributed by atoms with Crippen LogP contribution in [-0.4, -0.2) is 56.1 Å². The van der Waals surface area contributed by atoms with Crippen LogP contribution in [0, 0.1) is 6.92 Å². The number of para-hydroxylation sites is 1. The molecule has 4 aromatic rings. The van der Waals surface area contributed by atoms with Crippen LogP contribution in [0.2, 0.25) is 0 Å². The number of carbonyl (C=O) groups excluding carboxylic acids is 2. The van der Waals surface area contributed by atoms with Gasteiger partial charge < -0.3 is 4.74 Å². The first kappa shape index (κ1) is 31.2. The Morgan fingerprint density at radius 1 is 1.11 bits per heavy atom. The number of halogens is 3. The number of carbonyl (C=O) groups is 2. The quantitative estimate of drug-likeness (QED) is 0.226. The van der Waals surface area contributed by atoms with Crippen molar-refractivity contribution in [2.45, 2.75) is 48.6 Å². The van der Waals surface area contributed by atoms with Crippen LogP contribution in [-0.2, 0) is 23.0 Å². The molecule has 0 spiro atoms. The first-order chi connectivity index (χ1) is 21.1. The molecule has 2 atom stereocenters.